The number of para-hydroxylation sites is 1. The summed E-state index contributed by atoms with van der Waals surface area (Å²) >= 11 is 0. The highest BCUT2D eigenvalue weighted by molar-refractivity contribution is 5.86. The molecule has 136 valence electrons. The minimum Gasteiger partial charge on any atom is -0.480 e. The van der Waals surface area contributed by atoms with Crippen LogP contribution in [0.5, 0.6) is 0 Å². The van der Waals surface area contributed by atoms with E-state index in [0.717, 1.165) is 28.7 Å². The highest BCUT2D eigenvalue weighted by Gasteiger charge is 2.22. The molecule has 0 bridgehead atoms. The van der Waals surface area contributed by atoms with Crippen molar-refractivity contribution in [2.45, 2.75) is 32.9 Å². The largest absolute Gasteiger partial charge is 0.480 e. The van der Waals surface area contributed by atoms with Crippen LogP contribution in [0.15, 0.2) is 48.5 Å². The summed E-state index contributed by atoms with van der Waals surface area (Å²) in [6.07, 6.45) is 0.357. The second-order valence-corrected chi connectivity index (χ2v) is 6.51. The number of nitrogens with one attached hydrogen (secondary N) is 1. The summed E-state index contributed by atoms with van der Waals surface area (Å²) in [6, 6.07) is 15.7. The van der Waals surface area contributed by atoms with Crippen LogP contribution in [-0.2, 0) is 22.6 Å². The lowest BCUT2D eigenvalue weighted by molar-refractivity contribution is -0.143. The maximum Gasteiger partial charge on any atom is 0.323 e. The molecule has 0 saturated heterocycles. The monoisotopic (exact) mass is 352 g/mol. The maximum absolute atomic E-state index is 11.5. The molecule has 2 aromatic carbocycles. The van der Waals surface area contributed by atoms with E-state index in [1.807, 2.05) is 24.3 Å². The molecule has 0 fully saturated rings. The van der Waals surface area contributed by atoms with Gasteiger partial charge in [-0.15, -0.1) is 0 Å². The van der Waals surface area contributed by atoms with E-state index < -0.39 is 12.0 Å². The quantitative estimate of drug-likeness (QED) is 0.639. The normalized spacial score (nSPS) is 12.4. The van der Waals surface area contributed by atoms with Crippen molar-refractivity contribution < 1.29 is 14.7 Å². The first-order valence-electron chi connectivity index (χ1n) is 8.65. The number of fused-ring (bicyclic) bond motifs is 1. The molecule has 1 atom stereocenters. The summed E-state index contributed by atoms with van der Waals surface area (Å²) in [7, 11) is 1.43. The highest BCUT2D eigenvalue weighted by Crippen LogP contribution is 2.28. The van der Waals surface area contributed by atoms with Crippen molar-refractivity contribution in [1.82, 2.24) is 10.0 Å². The molecular formula is C21H24N2O3. The van der Waals surface area contributed by atoms with Crippen LogP contribution in [0.4, 0.5) is 0 Å². The SMILES string of the molecule is CONC(Cc1c(C)n(Cc2ccccc2C)c2ccccc12)C(=O)O. The number of hydroxylamine groups is 1. The molecule has 0 aliphatic heterocycles. The third-order valence-electron chi connectivity index (χ3n) is 4.92. The number of hydrogen-bond acceptors (Lipinski definition) is 3. The third-order valence-corrected chi connectivity index (χ3v) is 4.92. The van der Waals surface area contributed by atoms with E-state index >= 15 is 0 Å². The van der Waals surface area contributed by atoms with Gasteiger partial charge in [0, 0.05) is 29.6 Å². The second-order valence-electron chi connectivity index (χ2n) is 6.51. The maximum atomic E-state index is 11.5. The molecule has 2 N–H and O–H groups in total. The van der Waals surface area contributed by atoms with Crippen LogP contribution < -0.4 is 5.48 Å². The van der Waals surface area contributed by atoms with Gasteiger partial charge in [-0.25, -0.2) is 0 Å². The van der Waals surface area contributed by atoms with E-state index in [2.05, 4.69) is 48.2 Å². The summed E-state index contributed by atoms with van der Waals surface area (Å²) in [5.41, 5.74) is 8.32. The molecule has 5 nitrogen and oxygen atoms in total. The zero-order valence-corrected chi connectivity index (χ0v) is 15.3. The van der Waals surface area contributed by atoms with Crippen molar-refractivity contribution in [2.75, 3.05) is 7.11 Å². The molecular weight excluding hydrogens is 328 g/mol. The predicted molar refractivity (Wildman–Crippen MR) is 102 cm³/mol. The number of aryl methyl sites for hydroxylation is 1. The number of aliphatic carboxylic acids is 1. The predicted octanol–water partition coefficient (Wildman–Crippen LogP) is 3.45. The number of hydrogen-bond donors (Lipinski definition) is 2. The lowest BCUT2D eigenvalue weighted by Crippen LogP contribution is -2.37. The fourth-order valence-electron chi connectivity index (χ4n) is 3.45. The number of carboxylic acids is 1. The third kappa shape index (κ3) is 3.49. The zero-order valence-electron chi connectivity index (χ0n) is 15.3. The molecule has 1 aromatic heterocycles. The van der Waals surface area contributed by atoms with Crippen molar-refractivity contribution in [1.29, 1.82) is 0 Å². The lowest BCUT2D eigenvalue weighted by Gasteiger charge is -2.14. The molecule has 0 spiro atoms. The Morgan fingerprint density at radius 1 is 1.15 bits per heavy atom. The van der Waals surface area contributed by atoms with Crippen LogP contribution in [0.25, 0.3) is 10.9 Å². The molecule has 0 aliphatic carbocycles. The fourth-order valence-corrected chi connectivity index (χ4v) is 3.45. The van der Waals surface area contributed by atoms with Crippen LogP contribution in [0.1, 0.15) is 22.4 Å². The Bertz CT molecular complexity index is 930. The summed E-state index contributed by atoms with van der Waals surface area (Å²) in [5, 5.41) is 10.5. The van der Waals surface area contributed by atoms with Crippen molar-refractivity contribution in [2.24, 2.45) is 0 Å². The number of nitrogens with zero attached hydrogens (tertiary/aromatic N) is 1. The summed E-state index contributed by atoms with van der Waals surface area (Å²) in [4.78, 5) is 16.4. The second kappa shape index (κ2) is 7.72. The number of rotatable bonds is 7. The summed E-state index contributed by atoms with van der Waals surface area (Å²) < 4.78 is 2.26. The Balaban J connectivity index is 2.06. The minimum absolute atomic E-state index is 0.357. The van der Waals surface area contributed by atoms with Crippen LogP contribution in [0.2, 0.25) is 0 Å². The minimum atomic E-state index is -0.929. The first kappa shape index (κ1) is 18.2. The van der Waals surface area contributed by atoms with Gasteiger partial charge in [-0.1, -0.05) is 42.5 Å². The van der Waals surface area contributed by atoms with Gasteiger partial charge in [-0.2, -0.15) is 5.48 Å². The standard InChI is InChI=1S/C21H24N2O3/c1-14-8-4-5-9-16(14)13-23-15(2)18(12-19(21(24)25)22-26-3)17-10-6-7-11-20(17)23/h4-11,19,22H,12-13H2,1-3H3,(H,24,25). The van der Waals surface area contributed by atoms with Crippen LogP contribution in [0, 0.1) is 13.8 Å². The Morgan fingerprint density at radius 2 is 1.85 bits per heavy atom. The lowest BCUT2D eigenvalue weighted by atomic mass is 10.0. The van der Waals surface area contributed by atoms with Gasteiger partial charge in [0.15, 0.2) is 0 Å². The number of benzene rings is 2. The van der Waals surface area contributed by atoms with Crippen molar-refractivity contribution >= 4 is 16.9 Å². The van der Waals surface area contributed by atoms with Crippen LogP contribution in [0.3, 0.4) is 0 Å². The summed E-state index contributed by atoms with van der Waals surface area (Å²) in [6.45, 7) is 4.92. The van der Waals surface area contributed by atoms with Gasteiger partial charge in [-0.05, 0) is 36.6 Å². The first-order valence-corrected chi connectivity index (χ1v) is 8.65. The first-order chi connectivity index (χ1) is 12.5. The molecule has 0 amide bonds. The van der Waals surface area contributed by atoms with E-state index in [4.69, 9.17) is 4.84 Å². The van der Waals surface area contributed by atoms with Gasteiger partial charge in [0.1, 0.15) is 6.04 Å². The Labute approximate surface area is 153 Å². The van der Waals surface area contributed by atoms with Gasteiger partial charge in [0.2, 0.25) is 0 Å². The average Bonchev–Trinajstić information content (AvgIpc) is 2.89. The van der Waals surface area contributed by atoms with E-state index in [0.29, 0.717) is 6.42 Å². The van der Waals surface area contributed by atoms with Crippen molar-refractivity contribution in [3.8, 4) is 0 Å². The van der Waals surface area contributed by atoms with Crippen molar-refractivity contribution in [3.05, 3.63) is 70.9 Å². The average molecular weight is 352 g/mol. The molecule has 1 unspecified atom stereocenters. The molecule has 0 saturated carbocycles. The smallest absolute Gasteiger partial charge is 0.323 e. The molecule has 0 aliphatic rings. The Hall–Kier alpha value is -2.63. The van der Waals surface area contributed by atoms with Gasteiger partial charge in [0.25, 0.3) is 0 Å². The topological polar surface area (TPSA) is 63.5 Å². The summed E-state index contributed by atoms with van der Waals surface area (Å²) in [5.74, 6) is -0.929. The number of carbonyl (C=O) groups is 1. The van der Waals surface area contributed by atoms with Gasteiger partial charge in [0.05, 0.1) is 7.11 Å². The Kier molecular flexibility index (Phi) is 5.40. The highest BCUT2D eigenvalue weighted by atomic mass is 16.6. The molecule has 26 heavy (non-hydrogen) atoms. The number of carboxylic acid groups (broad SMARTS) is 1. The fraction of sp³-hybridized carbons (Fsp3) is 0.286. The van der Waals surface area contributed by atoms with Gasteiger partial charge in [-0.3, -0.25) is 4.79 Å². The van der Waals surface area contributed by atoms with Crippen molar-refractivity contribution in [3.63, 3.8) is 0 Å². The molecule has 3 rings (SSSR count). The van der Waals surface area contributed by atoms with E-state index in [9.17, 15) is 9.90 Å². The van der Waals surface area contributed by atoms with Crippen LogP contribution in [-0.4, -0.2) is 28.8 Å². The molecule has 3 aromatic rings. The molecule has 1 heterocycles. The molecule has 5 heteroatoms. The Morgan fingerprint density at radius 3 is 2.54 bits per heavy atom. The van der Waals surface area contributed by atoms with Gasteiger partial charge < -0.3 is 14.5 Å². The van der Waals surface area contributed by atoms with E-state index in [1.54, 1.807) is 0 Å². The van der Waals surface area contributed by atoms with Crippen LogP contribution >= 0.6 is 0 Å². The zero-order chi connectivity index (χ0) is 18.7. The number of aromatic nitrogens is 1. The molecule has 0 radical (unpaired) electrons. The van der Waals surface area contributed by atoms with E-state index in [-0.39, 0.29) is 0 Å². The van der Waals surface area contributed by atoms with E-state index in [1.165, 1.54) is 18.2 Å². The van der Waals surface area contributed by atoms with Gasteiger partial charge >= 0.3 is 5.97 Å².